The number of amides is 3. The molecule has 1 saturated heterocycles. The zero-order valence-electron chi connectivity index (χ0n) is 15.3. The first kappa shape index (κ1) is 19.0. The van der Waals surface area contributed by atoms with Crippen LogP contribution in [0, 0.1) is 0 Å². The Morgan fingerprint density at radius 3 is 2.89 bits per heavy atom. The van der Waals surface area contributed by atoms with Crippen molar-refractivity contribution in [2.45, 2.75) is 5.16 Å². The maximum atomic E-state index is 12.6. The van der Waals surface area contributed by atoms with Crippen molar-refractivity contribution in [1.29, 1.82) is 0 Å². The molecule has 10 heteroatoms. The molecular formula is C17H22N6O3S. The Morgan fingerprint density at radius 2 is 2.15 bits per heavy atom. The third-order valence-corrected chi connectivity index (χ3v) is 5.17. The molecule has 3 amide bonds. The van der Waals surface area contributed by atoms with Crippen LogP contribution < -0.4 is 15.0 Å². The minimum Gasteiger partial charge on any atom is -0.495 e. The molecule has 9 nitrogen and oxygen atoms in total. The van der Waals surface area contributed by atoms with Crippen molar-refractivity contribution in [3.8, 4) is 5.75 Å². The normalized spacial score (nSPS) is 13.9. The number of nitrogens with one attached hydrogen (secondary N) is 1. The van der Waals surface area contributed by atoms with E-state index in [1.807, 2.05) is 35.9 Å². The lowest BCUT2D eigenvalue weighted by atomic mass is 10.2. The lowest BCUT2D eigenvalue weighted by molar-refractivity contribution is -0.121. The predicted octanol–water partition coefficient (Wildman–Crippen LogP) is 0.974. The number of methoxy groups -OCH3 is 1. The van der Waals surface area contributed by atoms with Gasteiger partial charge in [0, 0.05) is 32.4 Å². The van der Waals surface area contributed by atoms with Crippen molar-refractivity contribution in [1.82, 2.24) is 25.0 Å². The number of thioether (sulfide) groups is 1. The van der Waals surface area contributed by atoms with Crippen molar-refractivity contribution in [2.75, 3.05) is 43.9 Å². The second-order valence-electron chi connectivity index (χ2n) is 5.95. The minimum absolute atomic E-state index is 0.0408. The number of benzene rings is 1. The summed E-state index contributed by atoms with van der Waals surface area (Å²) in [6, 6.07) is 7.17. The van der Waals surface area contributed by atoms with Gasteiger partial charge in [-0.15, -0.1) is 10.2 Å². The average molecular weight is 390 g/mol. The summed E-state index contributed by atoms with van der Waals surface area (Å²) in [7, 11) is 3.44. The first-order valence-electron chi connectivity index (χ1n) is 8.53. The number of urea groups is 1. The van der Waals surface area contributed by atoms with E-state index in [0.29, 0.717) is 36.8 Å². The van der Waals surface area contributed by atoms with Crippen molar-refractivity contribution < 1.29 is 14.3 Å². The number of hydrogen-bond acceptors (Lipinski definition) is 6. The van der Waals surface area contributed by atoms with E-state index in [1.165, 1.54) is 16.7 Å². The number of nitrogens with zero attached hydrogens (tertiary/aromatic N) is 5. The third kappa shape index (κ3) is 4.51. The molecule has 3 rings (SSSR count). The number of carbonyl (C=O) groups is 2. The van der Waals surface area contributed by atoms with Gasteiger partial charge >= 0.3 is 6.03 Å². The maximum absolute atomic E-state index is 12.6. The van der Waals surface area contributed by atoms with E-state index in [4.69, 9.17) is 4.74 Å². The highest BCUT2D eigenvalue weighted by Crippen LogP contribution is 2.30. The molecule has 2 heterocycles. The van der Waals surface area contributed by atoms with Crippen LogP contribution in [-0.4, -0.2) is 70.6 Å². The Balaban J connectivity index is 1.46. The van der Waals surface area contributed by atoms with E-state index in [1.54, 1.807) is 18.3 Å². The van der Waals surface area contributed by atoms with Gasteiger partial charge in [0.2, 0.25) is 5.91 Å². The first-order valence-corrected chi connectivity index (χ1v) is 9.51. The standard InChI is InChI=1S/C17H22N6O3S/c1-21-12-19-20-16(21)27-10-7-18-15(24)11-22-8-9-23(17(22)25)13-5-3-4-6-14(13)26-2/h3-6,12H,7-11H2,1-2H3,(H,18,24). The van der Waals surface area contributed by atoms with Gasteiger partial charge in [-0.3, -0.25) is 9.69 Å². The molecule has 0 bridgehead atoms. The summed E-state index contributed by atoms with van der Waals surface area (Å²) < 4.78 is 7.14. The summed E-state index contributed by atoms with van der Waals surface area (Å²) >= 11 is 1.51. The van der Waals surface area contributed by atoms with Crippen molar-refractivity contribution >= 4 is 29.4 Å². The van der Waals surface area contributed by atoms with Crippen LogP contribution >= 0.6 is 11.8 Å². The Morgan fingerprint density at radius 1 is 1.33 bits per heavy atom. The Bertz CT molecular complexity index is 811. The fraction of sp³-hybridized carbons (Fsp3) is 0.412. The van der Waals surface area contributed by atoms with Gasteiger partial charge in [-0.05, 0) is 12.1 Å². The van der Waals surface area contributed by atoms with Crippen LogP contribution in [0.5, 0.6) is 5.75 Å². The predicted molar refractivity (Wildman–Crippen MR) is 102 cm³/mol. The van der Waals surface area contributed by atoms with Gasteiger partial charge in [0.05, 0.1) is 12.8 Å². The van der Waals surface area contributed by atoms with Crippen molar-refractivity contribution in [3.63, 3.8) is 0 Å². The van der Waals surface area contributed by atoms with E-state index in [0.717, 1.165) is 5.16 Å². The van der Waals surface area contributed by atoms with E-state index in [2.05, 4.69) is 15.5 Å². The van der Waals surface area contributed by atoms with E-state index in [9.17, 15) is 9.59 Å². The first-order chi connectivity index (χ1) is 13.1. The summed E-state index contributed by atoms with van der Waals surface area (Å²) in [5.74, 6) is 1.14. The number of carbonyl (C=O) groups excluding carboxylic acids is 2. The summed E-state index contributed by atoms with van der Waals surface area (Å²) in [5.41, 5.74) is 0.716. The van der Waals surface area contributed by atoms with Crippen LogP contribution in [0.4, 0.5) is 10.5 Å². The number of hydrogen-bond donors (Lipinski definition) is 1. The molecule has 0 unspecified atom stereocenters. The molecule has 0 spiro atoms. The number of anilines is 1. The highest BCUT2D eigenvalue weighted by Gasteiger charge is 2.32. The van der Waals surface area contributed by atoms with E-state index < -0.39 is 0 Å². The zero-order chi connectivity index (χ0) is 19.2. The van der Waals surface area contributed by atoms with Crippen LogP contribution in [0.2, 0.25) is 0 Å². The molecule has 0 aliphatic carbocycles. The molecule has 27 heavy (non-hydrogen) atoms. The van der Waals surface area contributed by atoms with Crippen LogP contribution in [0.15, 0.2) is 35.7 Å². The average Bonchev–Trinajstić information content (AvgIpc) is 3.24. The van der Waals surface area contributed by atoms with Gasteiger partial charge in [0.15, 0.2) is 5.16 Å². The van der Waals surface area contributed by atoms with Gasteiger partial charge in [-0.2, -0.15) is 0 Å². The molecule has 1 fully saturated rings. The molecular weight excluding hydrogens is 368 g/mol. The quantitative estimate of drug-likeness (QED) is 0.533. The molecule has 0 saturated carbocycles. The third-order valence-electron chi connectivity index (χ3n) is 4.13. The molecule has 2 aromatic rings. The van der Waals surface area contributed by atoms with Gasteiger partial charge in [0.1, 0.15) is 18.6 Å². The molecule has 0 atom stereocenters. The molecule has 1 aromatic carbocycles. The Labute approximate surface area is 161 Å². The second-order valence-corrected chi connectivity index (χ2v) is 7.01. The summed E-state index contributed by atoms with van der Waals surface area (Å²) in [5, 5.41) is 11.4. The number of para-hydroxylation sites is 2. The summed E-state index contributed by atoms with van der Waals surface area (Å²) in [6.07, 6.45) is 1.63. The summed E-state index contributed by atoms with van der Waals surface area (Å²) in [6.45, 7) is 1.56. The second kappa shape index (κ2) is 8.76. The number of ether oxygens (including phenoxy) is 1. The van der Waals surface area contributed by atoms with Crippen molar-refractivity contribution in [3.05, 3.63) is 30.6 Å². The monoisotopic (exact) mass is 390 g/mol. The number of aryl methyl sites for hydroxylation is 1. The molecule has 1 aliphatic heterocycles. The van der Waals surface area contributed by atoms with Gasteiger partial charge in [-0.25, -0.2) is 4.79 Å². The van der Waals surface area contributed by atoms with Gasteiger partial charge < -0.3 is 19.5 Å². The molecule has 1 aromatic heterocycles. The summed E-state index contributed by atoms with van der Waals surface area (Å²) in [4.78, 5) is 27.9. The zero-order valence-corrected chi connectivity index (χ0v) is 16.1. The number of aromatic nitrogens is 3. The van der Waals surface area contributed by atoms with E-state index in [-0.39, 0.29) is 18.5 Å². The largest absolute Gasteiger partial charge is 0.495 e. The van der Waals surface area contributed by atoms with Gasteiger partial charge in [-0.1, -0.05) is 23.9 Å². The van der Waals surface area contributed by atoms with Gasteiger partial charge in [0.25, 0.3) is 0 Å². The Kier molecular flexibility index (Phi) is 6.17. The number of rotatable bonds is 8. The van der Waals surface area contributed by atoms with Crippen LogP contribution in [0.3, 0.4) is 0 Å². The van der Waals surface area contributed by atoms with Crippen LogP contribution in [0.25, 0.3) is 0 Å². The van der Waals surface area contributed by atoms with Crippen LogP contribution in [0.1, 0.15) is 0 Å². The molecule has 1 N–H and O–H groups in total. The minimum atomic E-state index is -0.192. The van der Waals surface area contributed by atoms with Crippen molar-refractivity contribution in [2.24, 2.45) is 7.05 Å². The lowest BCUT2D eigenvalue weighted by Crippen LogP contribution is -2.40. The van der Waals surface area contributed by atoms with E-state index >= 15 is 0 Å². The SMILES string of the molecule is COc1ccccc1N1CCN(CC(=O)NCCSc2nncn2C)C1=O. The fourth-order valence-electron chi connectivity index (χ4n) is 2.77. The topological polar surface area (TPSA) is 92.6 Å². The lowest BCUT2D eigenvalue weighted by Gasteiger charge is -2.20. The molecule has 144 valence electrons. The maximum Gasteiger partial charge on any atom is 0.325 e. The fourth-order valence-corrected chi connectivity index (χ4v) is 3.51. The highest BCUT2D eigenvalue weighted by atomic mass is 32.2. The smallest absolute Gasteiger partial charge is 0.325 e. The molecule has 1 aliphatic rings. The highest BCUT2D eigenvalue weighted by molar-refractivity contribution is 7.99. The molecule has 0 radical (unpaired) electrons. The van der Waals surface area contributed by atoms with Crippen LogP contribution in [-0.2, 0) is 11.8 Å². The Hall–Kier alpha value is -2.75.